The minimum atomic E-state index is 0.202. The average molecular weight is 208 g/mol. The van der Waals surface area contributed by atoms with Crippen LogP contribution in [0.3, 0.4) is 0 Å². The molecule has 2 rings (SSSR count). The number of nitrogens with one attached hydrogen (secondary N) is 1. The Bertz CT molecular complexity index is 313. The first-order valence-electron chi connectivity index (χ1n) is 5.32. The van der Waals surface area contributed by atoms with Crippen molar-refractivity contribution in [3.8, 4) is 5.75 Å². The van der Waals surface area contributed by atoms with Crippen LogP contribution >= 0.6 is 0 Å². The second kappa shape index (κ2) is 4.98. The van der Waals surface area contributed by atoms with Gasteiger partial charge in [-0.3, -0.25) is 4.98 Å². The van der Waals surface area contributed by atoms with Crippen LogP contribution in [0.5, 0.6) is 5.75 Å². The molecule has 0 radical (unpaired) electrons. The zero-order chi connectivity index (χ0) is 10.5. The van der Waals surface area contributed by atoms with Crippen LogP contribution < -0.4 is 10.1 Å². The van der Waals surface area contributed by atoms with Crippen molar-refractivity contribution in [1.82, 2.24) is 4.98 Å². The van der Waals surface area contributed by atoms with E-state index < -0.39 is 0 Å². The Morgan fingerprint density at radius 3 is 3.07 bits per heavy atom. The topological polar surface area (TPSA) is 43.4 Å². The Balaban J connectivity index is 1.92. The number of rotatable bonds is 5. The molecular formula is C11H16N2O2. The Hall–Kier alpha value is -1.29. The van der Waals surface area contributed by atoms with Gasteiger partial charge in [0.15, 0.2) is 0 Å². The smallest absolute Gasteiger partial charge is 0.145 e. The van der Waals surface area contributed by atoms with E-state index in [1.54, 1.807) is 12.4 Å². The van der Waals surface area contributed by atoms with Crippen molar-refractivity contribution in [1.29, 1.82) is 0 Å². The van der Waals surface area contributed by atoms with Crippen LogP contribution in [-0.2, 0) is 4.74 Å². The molecule has 1 N–H and O–H groups in total. The normalized spacial score (nSPS) is 15.8. The van der Waals surface area contributed by atoms with Gasteiger partial charge in [-0.2, -0.15) is 0 Å². The fourth-order valence-electron chi connectivity index (χ4n) is 1.32. The largest absolute Gasteiger partial charge is 0.484 e. The molecule has 0 saturated carbocycles. The van der Waals surface area contributed by atoms with Crippen molar-refractivity contribution in [2.24, 2.45) is 0 Å². The summed E-state index contributed by atoms with van der Waals surface area (Å²) in [5, 5.41) is 3.27. The first kappa shape index (κ1) is 10.2. The number of hydrogen-bond donors (Lipinski definition) is 1. The van der Waals surface area contributed by atoms with Gasteiger partial charge >= 0.3 is 0 Å². The third-order valence-electron chi connectivity index (χ3n) is 2.20. The Morgan fingerprint density at radius 1 is 1.53 bits per heavy atom. The van der Waals surface area contributed by atoms with E-state index in [4.69, 9.17) is 9.47 Å². The van der Waals surface area contributed by atoms with Gasteiger partial charge in [0.05, 0.1) is 31.3 Å². The summed E-state index contributed by atoms with van der Waals surface area (Å²) in [6.45, 7) is 4.46. The SMILES string of the molecule is CCCNc1cncc(OC2COC2)c1. The molecule has 0 atom stereocenters. The molecule has 0 amide bonds. The molecule has 4 heteroatoms. The van der Waals surface area contributed by atoms with Crippen LogP contribution in [-0.4, -0.2) is 30.8 Å². The van der Waals surface area contributed by atoms with Crippen molar-refractivity contribution < 1.29 is 9.47 Å². The highest BCUT2D eigenvalue weighted by atomic mass is 16.6. The molecule has 1 fully saturated rings. The summed E-state index contributed by atoms with van der Waals surface area (Å²) in [7, 11) is 0. The van der Waals surface area contributed by atoms with E-state index in [0.29, 0.717) is 13.2 Å². The highest BCUT2D eigenvalue weighted by Crippen LogP contribution is 2.18. The van der Waals surface area contributed by atoms with E-state index in [2.05, 4.69) is 17.2 Å². The second-order valence-corrected chi connectivity index (χ2v) is 3.61. The van der Waals surface area contributed by atoms with Gasteiger partial charge in [0.25, 0.3) is 0 Å². The van der Waals surface area contributed by atoms with Crippen molar-refractivity contribution >= 4 is 5.69 Å². The van der Waals surface area contributed by atoms with E-state index >= 15 is 0 Å². The lowest BCUT2D eigenvalue weighted by molar-refractivity contribution is -0.0797. The Morgan fingerprint density at radius 2 is 2.40 bits per heavy atom. The zero-order valence-electron chi connectivity index (χ0n) is 8.90. The van der Waals surface area contributed by atoms with Crippen molar-refractivity contribution in [2.75, 3.05) is 25.1 Å². The molecule has 4 nitrogen and oxygen atoms in total. The number of hydrogen-bond acceptors (Lipinski definition) is 4. The molecule has 0 spiro atoms. The molecule has 1 aromatic rings. The molecule has 0 aromatic carbocycles. The first-order valence-corrected chi connectivity index (χ1v) is 5.32. The van der Waals surface area contributed by atoms with E-state index in [-0.39, 0.29) is 6.10 Å². The van der Waals surface area contributed by atoms with E-state index in [0.717, 1.165) is 24.4 Å². The minimum absolute atomic E-state index is 0.202. The summed E-state index contributed by atoms with van der Waals surface area (Å²) in [5.74, 6) is 0.810. The van der Waals surface area contributed by atoms with Gasteiger partial charge in [-0.15, -0.1) is 0 Å². The van der Waals surface area contributed by atoms with Crippen LogP contribution in [0.4, 0.5) is 5.69 Å². The van der Waals surface area contributed by atoms with Crippen LogP contribution in [0.15, 0.2) is 18.5 Å². The summed E-state index contributed by atoms with van der Waals surface area (Å²) in [6.07, 6.45) is 4.84. The van der Waals surface area contributed by atoms with E-state index in [1.807, 2.05) is 6.07 Å². The van der Waals surface area contributed by atoms with Gasteiger partial charge < -0.3 is 14.8 Å². The summed E-state index contributed by atoms with van der Waals surface area (Å²) in [6, 6.07) is 1.97. The van der Waals surface area contributed by atoms with E-state index in [1.165, 1.54) is 0 Å². The van der Waals surface area contributed by atoms with Gasteiger partial charge in [-0.1, -0.05) is 6.92 Å². The number of anilines is 1. The molecule has 0 aliphatic carbocycles. The zero-order valence-corrected chi connectivity index (χ0v) is 8.90. The highest BCUT2D eigenvalue weighted by Gasteiger charge is 2.20. The molecule has 1 aliphatic heterocycles. The Kier molecular flexibility index (Phi) is 3.40. The molecule has 1 aliphatic rings. The summed E-state index contributed by atoms with van der Waals surface area (Å²) >= 11 is 0. The summed E-state index contributed by atoms with van der Waals surface area (Å²) < 4.78 is 10.7. The number of ether oxygens (including phenoxy) is 2. The van der Waals surface area contributed by atoms with Gasteiger partial charge in [0.1, 0.15) is 11.9 Å². The van der Waals surface area contributed by atoms with Crippen LogP contribution in [0.25, 0.3) is 0 Å². The fourth-order valence-corrected chi connectivity index (χ4v) is 1.32. The lowest BCUT2D eigenvalue weighted by Crippen LogP contribution is -2.38. The van der Waals surface area contributed by atoms with Crippen LogP contribution in [0.2, 0.25) is 0 Å². The maximum absolute atomic E-state index is 5.64. The third kappa shape index (κ3) is 2.83. The van der Waals surface area contributed by atoms with Gasteiger partial charge in [0, 0.05) is 12.6 Å². The Labute approximate surface area is 89.6 Å². The van der Waals surface area contributed by atoms with Crippen molar-refractivity contribution in [3.05, 3.63) is 18.5 Å². The number of nitrogens with zero attached hydrogens (tertiary/aromatic N) is 1. The van der Waals surface area contributed by atoms with Gasteiger partial charge in [-0.05, 0) is 6.42 Å². The van der Waals surface area contributed by atoms with Gasteiger partial charge in [-0.25, -0.2) is 0 Å². The predicted molar refractivity (Wildman–Crippen MR) is 58.3 cm³/mol. The van der Waals surface area contributed by atoms with E-state index in [9.17, 15) is 0 Å². The summed E-state index contributed by atoms with van der Waals surface area (Å²) in [4.78, 5) is 4.12. The number of aromatic nitrogens is 1. The maximum atomic E-state index is 5.64. The quantitative estimate of drug-likeness (QED) is 0.799. The highest BCUT2D eigenvalue weighted by molar-refractivity contribution is 5.45. The average Bonchev–Trinajstić information content (AvgIpc) is 2.21. The monoisotopic (exact) mass is 208 g/mol. The molecular weight excluding hydrogens is 192 g/mol. The molecule has 15 heavy (non-hydrogen) atoms. The van der Waals surface area contributed by atoms with Crippen molar-refractivity contribution in [2.45, 2.75) is 19.4 Å². The summed E-state index contributed by atoms with van der Waals surface area (Å²) in [5.41, 5.74) is 1.01. The molecule has 1 aromatic heterocycles. The van der Waals surface area contributed by atoms with Crippen molar-refractivity contribution in [3.63, 3.8) is 0 Å². The minimum Gasteiger partial charge on any atom is -0.484 e. The molecule has 2 heterocycles. The lowest BCUT2D eigenvalue weighted by atomic mass is 10.3. The molecule has 0 bridgehead atoms. The lowest BCUT2D eigenvalue weighted by Gasteiger charge is -2.26. The maximum Gasteiger partial charge on any atom is 0.145 e. The second-order valence-electron chi connectivity index (χ2n) is 3.61. The first-order chi connectivity index (χ1) is 7.38. The molecule has 1 saturated heterocycles. The van der Waals surface area contributed by atoms with Gasteiger partial charge in [0.2, 0.25) is 0 Å². The standard InChI is InChI=1S/C11H16N2O2/c1-2-3-13-9-4-10(6-12-5-9)15-11-7-14-8-11/h4-6,11,13H,2-3,7-8H2,1H3. The molecule has 82 valence electrons. The third-order valence-corrected chi connectivity index (χ3v) is 2.20. The van der Waals surface area contributed by atoms with Crippen LogP contribution in [0, 0.1) is 0 Å². The predicted octanol–water partition coefficient (Wildman–Crippen LogP) is 1.68. The molecule has 0 unspecified atom stereocenters. The fraction of sp³-hybridized carbons (Fsp3) is 0.545. The number of pyridine rings is 1. The van der Waals surface area contributed by atoms with Crippen LogP contribution in [0.1, 0.15) is 13.3 Å².